The summed E-state index contributed by atoms with van der Waals surface area (Å²) in [6.45, 7) is 0. The summed E-state index contributed by atoms with van der Waals surface area (Å²) in [6, 6.07) is -0.455. The van der Waals surface area contributed by atoms with Crippen LogP contribution in [0.1, 0.15) is 13.5 Å². The maximum Gasteiger partial charge on any atom is 1.00 e. The summed E-state index contributed by atoms with van der Waals surface area (Å²) < 4.78 is 4.34. The molecule has 1 heterocycles. The second-order valence-corrected chi connectivity index (χ2v) is 1.92. The van der Waals surface area contributed by atoms with Crippen LogP contribution in [0, 0.1) is 20.2 Å². The third-order valence-electron chi connectivity index (χ3n) is 1.08. The quantitative estimate of drug-likeness (QED) is 0.241. The monoisotopic (exact) mass is 229 g/mol. The molecular formula is C3H4KN5O5. The van der Waals surface area contributed by atoms with E-state index in [0.29, 0.717) is 0 Å². The van der Waals surface area contributed by atoms with Gasteiger partial charge in [0.05, 0.1) is 0 Å². The van der Waals surface area contributed by atoms with Crippen molar-refractivity contribution in [1.29, 1.82) is 0 Å². The first-order valence-electron chi connectivity index (χ1n) is 2.88. The van der Waals surface area contributed by atoms with Gasteiger partial charge in [-0.1, -0.05) is 10.2 Å². The molecular weight excluding hydrogens is 225 g/mol. The molecule has 1 rings (SSSR count). The molecule has 10 nitrogen and oxygen atoms in total. The number of aromatic nitrogens is 2. The van der Waals surface area contributed by atoms with Crippen LogP contribution in [-0.4, -0.2) is 20.0 Å². The Morgan fingerprint density at radius 1 is 1.36 bits per heavy atom. The summed E-state index contributed by atoms with van der Waals surface area (Å²) in [5.41, 5.74) is 4.93. The molecule has 0 saturated heterocycles. The molecule has 72 valence electrons. The van der Waals surface area contributed by atoms with Gasteiger partial charge in [0.1, 0.15) is 9.85 Å². The number of nitrogens with zero attached hydrogens (tertiary/aromatic N) is 4. The van der Waals surface area contributed by atoms with Gasteiger partial charge < -0.3 is 11.6 Å². The molecule has 0 amide bonds. The minimum atomic E-state index is -2.26. The Morgan fingerprint density at radius 3 is 2.14 bits per heavy atom. The van der Waals surface area contributed by atoms with Crippen LogP contribution in [0.3, 0.4) is 0 Å². The Hall–Kier alpha value is -0.624. The second-order valence-electron chi connectivity index (χ2n) is 1.92. The van der Waals surface area contributed by atoms with Gasteiger partial charge in [-0.15, -0.1) is 0 Å². The Morgan fingerprint density at radius 2 is 1.86 bits per heavy atom. The van der Waals surface area contributed by atoms with Gasteiger partial charge in [0, 0.05) is 0 Å². The molecule has 1 aromatic heterocycles. The van der Waals surface area contributed by atoms with E-state index >= 15 is 0 Å². The molecule has 2 N–H and O–H groups in total. The number of nitrogens with two attached hydrogens (primary N) is 1. The van der Waals surface area contributed by atoms with E-state index in [1.165, 1.54) is 0 Å². The zero-order chi connectivity index (χ0) is 10.0. The predicted octanol–water partition coefficient (Wildman–Crippen LogP) is -3.68. The smallest absolute Gasteiger partial charge is 1.00 e. The molecule has 0 aliphatic carbocycles. The molecule has 1 aromatic rings. The van der Waals surface area contributed by atoms with Gasteiger partial charge in [-0.2, -0.15) is 0 Å². The van der Waals surface area contributed by atoms with E-state index < -0.39 is 27.9 Å². The van der Waals surface area contributed by atoms with Crippen molar-refractivity contribution in [1.82, 2.24) is 10.2 Å². The molecule has 0 fully saturated rings. The van der Waals surface area contributed by atoms with Crippen LogP contribution in [0.25, 0.3) is 0 Å². The molecule has 0 saturated carbocycles. The van der Waals surface area contributed by atoms with Gasteiger partial charge in [0.2, 0.25) is 0 Å². The summed E-state index contributed by atoms with van der Waals surface area (Å²) in [5, 5.41) is 26.4. The van der Waals surface area contributed by atoms with E-state index in [-0.39, 0.29) is 52.8 Å². The van der Waals surface area contributed by atoms with Crippen molar-refractivity contribution in [3.63, 3.8) is 0 Å². The molecule has 0 radical (unpaired) electrons. The van der Waals surface area contributed by atoms with E-state index in [4.69, 9.17) is 5.73 Å². The molecule has 11 heteroatoms. The summed E-state index contributed by atoms with van der Waals surface area (Å²) in [4.78, 5) is 18.0. The number of hydrogen-bond acceptors (Lipinski definition) is 8. The minimum Gasteiger partial charge on any atom is -1.00 e. The van der Waals surface area contributed by atoms with Crippen molar-refractivity contribution in [2.24, 2.45) is 0 Å². The zero-order valence-corrected chi connectivity index (χ0v) is 10.1. The maximum absolute atomic E-state index is 10.1. The maximum atomic E-state index is 10.1. The van der Waals surface area contributed by atoms with Gasteiger partial charge in [0.15, 0.2) is 0 Å². The van der Waals surface area contributed by atoms with Gasteiger partial charge in [-0.25, -0.2) is 0 Å². The largest absolute Gasteiger partial charge is 1.00 e. The van der Waals surface area contributed by atoms with E-state index in [0.717, 1.165) is 0 Å². The van der Waals surface area contributed by atoms with Crippen LogP contribution in [-0.2, 0) is 0 Å². The normalized spacial score (nSPS) is 9.50. The summed E-state index contributed by atoms with van der Waals surface area (Å²) >= 11 is 0. The first kappa shape index (κ1) is 13.4. The first-order valence-corrected chi connectivity index (χ1v) is 2.88. The molecule has 0 aliphatic rings. The molecule has 14 heavy (non-hydrogen) atoms. The zero-order valence-electron chi connectivity index (χ0n) is 7.98. The second kappa shape index (κ2) is 5.30. The van der Waals surface area contributed by atoms with E-state index in [1.54, 1.807) is 0 Å². The Kier molecular flexibility index (Phi) is 5.07. The van der Waals surface area contributed by atoms with Crippen molar-refractivity contribution in [3.8, 4) is 0 Å². The third kappa shape index (κ3) is 2.95. The summed E-state index contributed by atoms with van der Waals surface area (Å²) in [6.07, 6.45) is -2.26. The predicted molar refractivity (Wildman–Crippen MR) is 36.6 cm³/mol. The van der Waals surface area contributed by atoms with Crippen LogP contribution in [0.2, 0.25) is 0 Å². The third-order valence-corrected chi connectivity index (χ3v) is 1.08. The van der Waals surface area contributed by atoms with Crippen molar-refractivity contribution in [2.45, 2.75) is 6.17 Å². The molecule has 0 bridgehead atoms. The van der Waals surface area contributed by atoms with Gasteiger partial charge in [-0.05, 0) is 0 Å². The number of nitrogen functional groups attached to an aromatic ring is 1. The molecule has 0 aromatic carbocycles. The minimum absolute atomic E-state index is 0. The van der Waals surface area contributed by atoms with Crippen LogP contribution in [0.5, 0.6) is 0 Å². The molecule has 0 aliphatic heterocycles. The fraction of sp³-hybridized carbons (Fsp3) is 0.333. The average Bonchev–Trinajstić information content (AvgIpc) is 2.34. The van der Waals surface area contributed by atoms with Crippen molar-refractivity contribution < 1.29 is 67.1 Å². The fourth-order valence-electron chi connectivity index (χ4n) is 0.608. The average molecular weight is 229 g/mol. The summed E-state index contributed by atoms with van der Waals surface area (Å²) in [7, 11) is 0. The van der Waals surface area contributed by atoms with Gasteiger partial charge in [-0.3, -0.25) is 20.2 Å². The first-order chi connectivity index (χ1) is 6.02. The van der Waals surface area contributed by atoms with Crippen LogP contribution >= 0.6 is 0 Å². The number of rotatable bonds is 3. The van der Waals surface area contributed by atoms with Crippen LogP contribution < -0.4 is 57.1 Å². The summed E-state index contributed by atoms with van der Waals surface area (Å²) in [5.74, 6) is -0.743. The molecule has 0 spiro atoms. The van der Waals surface area contributed by atoms with Crippen LogP contribution in [0.15, 0.2) is 4.42 Å². The standard InChI is InChI=1S/C3H3N5O5.K.H/c4-3-6-5-1(13-3)2(7(9)10)8(11)12;;/h2H,(H2,4,6);;/q;+1;-1. The Bertz CT molecular complexity index is 342. The van der Waals surface area contributed by atoms with Crippen molar-refractivity contribution in [2.75, 3.05) is 5.73 Å². The number of anilines is 1. The van der Waals surface area contributed by atoms with Crippen LogP contribution in [0.4, 0.5) is 6.01 Å². The fourth-order valence-corrected chi connectivity index (χ4v) is 0.608. The van der Waals surface area contributed by atoms with Crippen molar-refractivity contribution >= 4 is 6.01 Å². The Balaban J connectivity index is 0. The molecule has 0 unspecified atom stereocenters. The van der Waals surface area contributed by atoms with Gasteiger partial charge in [0.25, 0.3) is 0 Å². The number of nitro groups is 2. The van der Waals surface area contributed by atoms with Crippen molar-refractivity contribution in [3.05, 3.63) is 26.1 Å². The van der Waals surface area contributed by atoms with E-state index in [2.05, 4.69) is 14.6 Å². The van der Waals surface area contributed by atoms with Gasteiger partial charge >= 0.3 is 69.5 Å². The topological polar surface area (TPSA) is 151 Å². The Labute approximate surface area is 120 Å². The van der Waals surface area contributed by atoms with E-state index in [9.17, 15) is 20.2 Å². The SMILES string of the molecule is Nc1nnc(C([N+](=O)[O-])[N+](=O)[O-])o1.[H-].[K+]. The molecule has 0 atom stereocenters. The number of hydrogen-bond donors (Lipinski definition) is 1. The van der Waals surface area contributed by atoms with E-state index in [1.807, 2.05) is 0 Å².